The standard InChI is InChI=1S/C44H48N2O2.2Pb/c1-7-10-30-25-36(32-14-15-32)27-37(26-30)44-34(17-13-31(8-2)40-21-19-38(45(3)4)28-42(40)47)11-9-12-35(44)18-16-33-23-24-48-43-29-39(46(5)6)20-22-41(33)43;;/h8,13,16-23,25-29,32,47H,2,7,9-12,14-15H2,1,3-6H3;;/p+1/b17-13+,31-8-,33-16+,35-18+;;. The Bertz CT molecular complexity index is 1940. The molecule has 6 rings (SSSR count). The van der Waals surface area contributed by atoms with E-state index in [4.69, 9.17) is 9.84 Å². The van der Waals surface area contributed by atoms with E-state index >= 15 is 0 Å². The van der Waals surface area contributed by atoms with Gasteiger partial charge in [0.1, 0.15) is 0 Å². The molecule has 1 saturated carbocycles. The Morgan fingerprint density at radius 1 is 0.940 bits per heavy atom. The minimum atomic E-state index is 0.578. The van der Waals surface area contributed by atoms with Gasteiger partial charge < -0.3 is 0 Å². The molecule has 0 amide bonds. The van der Waals surface area contributed by atoms with Crippen LogP contribution in [0.4, 0.5) is 11.4 Å². The number of rotatable bonds is 11. The SMILES string of the molecule is CCCc1cc(C2=C(/C=C/C(=C/[CH2][Pb])c3ccc(N(C)C)cc3[OH2+])CCC/C2=C\C=C2/C=[C]([Pb])Oc3cc(N(C)C)ccc32)cc(C2CC2)c1. The fraction of sp³-hybridized carbons (Fsp3) is 0.318. The maximum absolute atomic E-state index is 8.90. The molecule has 0 saturated heterocycles. The molecule has 0 atom stereocenters. The predicted molar refractivity (Wildman–Crippen MR) is 216 cm³/mol. The van der Waals surface area contributed by atoms with Gasteiger partial charge in [-0.25, -0.2) is 0 Å². The fourth-order valence-electron chi connectivity index (χ4n) is 7.02. The summed E-state index contributed by atoms with van der Waals surface area (Å²) in [5.74, 6) is 2.23. The molecular formula is C44H49N2O2Pb2+. The zero-order valence-corrected chi connectivity index (χ0v) is 38.0. The van der Waals surface area contributed by atoms with Crippen molar-refractivity contribution in [3.8, 4) is 11.5 Å². The van der Waals surface area contributed by atoms with E-state index in [1.165, 1.54) is 51.8 Å². The Labute approximate surface area is 331 Å². The topological polar surface area (TPSA) is 38.6 Å². The van der Waals surface area contributed by atoms with E-state index in [0.717, 1.165) is 125 Å². The molecule has 50 heavy (non-hydrogen) atoms. The van der Waals surface area contributed by atoms with Crippen molar-refractivity contribution < 1.29 is 9.84 Å². The molecule has 0 bridgehead atoms. The van der Waals surface area contributed by atoms with Crippen molar-refractivity contribution in [1.82, 2.24) is 0 Å². The Hall–Kier alpha value is -2.86. The molecule has 6 radical (unpaired) electrons. The molecule has 0 aromatic heterocycles. The van der Waals surface area contributed by atoms with Crippen LogP contribution in [0, 0.1) is 0 Å². The summed E-state index contributed by atoms with van der Waals surface area (Å²) < 4.78 is 8.37. The molecule has 2 aliphatic carbocycles. The number of hydrogen-bond donors (Lipinski definition) is 0. The number of benzene rings is 3. The van der Waals surface area contributed by atoms with E-state index in [9.17, 15) is 0 Å². The second-order valence-electron chi connectivity index (χ2n) is 14.1. The van der Waals surface area contributed by atoms with Gasteiger partial charge in [-0.1, -0.05) is 6.92 Å². The van der Waals surface area contributed by atoms with Crippen molar-refractivity contribution in [1.29, 1.82) is 0 Å². The zero-order chi connectivity index (χ0) is 35.4. The average Bonchev–Trinajstić information content (AvgIpc) is 3.95. The van der Waals surface area contributed by atoms with Gasteiger partial charge in [-0.2, -0.15) is 0 Å². The summed E-state index contributed by atoms with van der Waals surface area (Å²) in [5.41, 5.74) is 15.3. The molecule has 1 heterocycles. The van der Waals surface area contributed by atoms with Crippen LogP contribution in [0.25, 0.3) is 16.7 Å². The van der Waals surface area contributed by atoms with E-state index in [1.54, 1.807) is 0 Å². The third kappa shape index (κ3) is 8.77. The van der Waals surface area contributed by atoms with Crippen LogP contribution in [-0.4, -0.2) is 84.8 Å². The Morgan fingerprint density at radius 3 is 2.40 bits per heavy atom. The third-order valence-corrected chi connectivity index (χ3v) is 11.6. The van der Waals surface area contributed by atoms with Crippen LogP contribution in [0.15, 0.2) is 106 Å². The summed E-state index contributed by atoms with van der Waals surface area (Å²) >= 11 is 1.95. The molecule has 0 unspecified atom stereocenters. The second kappa shape index (κ2) is 16.7. The van der Waals surface area contributed by atoms with Crippen molar-refractivity contribution in [3.63, 3.8) is 0 Å². The van der Waals surface area contributed by atoms with Gasteiger partial charge in [0.2, 0.25) is 0 Å². The number of allylic oxidation sites excluding steroid dienone is 11. The molecule has 3 aromatic carbocycles. The third-order valence-electron chi connectivity index (χ3n) is 9.81. The van der Waals surface area contributed by atoms with Crippen molar-refractivity contribution >= 4 is 79.6 Å². The Morgan fingerprint density at radius 2 is 1.70 bits per heavy atom. The molecule has 4 nitrogen and oxygen atoms in total. The number of ether oxygens (including phenoxy) is 1. The summed E-state index contributed by atoms with van der Waals surface area (Å²) in [6, 6.07) is 20.3. The number of hydrogen-bond acceptors (Lipinski definition) is 3. The maximum atomic E-state index is 8.90. The van der Waals surface area contributed by atoms with Crippen LogP contribution >= 0.6 is 0 Å². The molecule has 2 N–H and O–H groups in total. The Balaban J connectivity index is 1.48. The molecule has 1 aliphatic heterocycles. The first-order valence-corrected chi connectivity index (χ1v) is 22.6. The molecule has 3 aliphatic rings. The summed E-state index contributed by atoms with van der Waals surface area (Å²) in [6.45, 7) is 2.29. The van der Waals surface area contributed by atoms with E-state index < -0.39 is 0 Å². The van der Waals surface area contributed by atoms with Gasteiger partial charge in [-0.05, 0) is 0 Å². The number of aryl methyl sites for hydroxylation is 1. The van der Waals surface area contributed by atoms with Gasteiger partial charge in [0.25, 0.3) is 0 Å². The molecule has 6 heteroatoms. The first-order chi connectivity index (χ1) is 24.1. The van der Waals surface area contributed by atoms with Crippen LogP contribution < -0.4 is 14.5 Å². The molecule has 0 spiro atoms. The predicted octanol–water partition coefficient (Wildman–Crippen LogP) is 9.66. The summed E-state index contributed by atoms with van der Waals surface area (Å²) in [6.07, 6.45) is 22.1. The van der Waals surface area contributed by atoms with E-state index in [2.05, 4.69) is 116 Å². The van der Waals surface area contributed by atoms with E-state index in [1.807, 2.05) is 20.2 Å². The number of nitrogens with zero attached hydrogens (tertiary/aromatic N) is 2. The van der Waals surface area contributed by atoms with E-state index in [-0.39, 0.29) is 0 Å². The fourth-order valence-corrected chi connectivity index (χ4v) is 8.90. The van der Waals surface area contributed by atoms with Crippen LogP contribution in [0.5, 0.6) is 11.5 Å². The van der Waals surface area contributed by atoms with E-state index in [0.29, 0.717) is 11.7 Å². The van der Waals surface area contributed by atoms with Gasteiger partial charge in [0.05, 0.1) is 0 Å². The van der Waals surface area contributed by atoms with Crippen molar-refractivity contribution in [3.05, 3.63) is 133 Å². The van der Waals surface area contributed by atoms with Crippen molar-refractivity contribution in [2.24, 2.45) is 0 Å². The molecule has 3 aromatic rings. The summed E-state index contributed by atoms with van der Waals surface area (Å²) in [5, 5.41) is 8.90. The minimum absolute atomic E-state index is 0.578. The summed E-state index contributed by atoms with van der Waals surface area (Å²) in [7, 11) is 8.22. The summed E-state index contributed by atoms with van der Waals surface area (Å²) in [4.78, 5) is 4.20. The van der Waals surface area contributed by atoms with Crippen molar-refractivity contribution in [2.75, 3.05) is 38.0 Å². The molecular weight excluding hydrogens is 1000 g/mol. The first kappa shape index (κ1) is 36.9. The van der Waals surface area contributed by atoms with Crippen LogP contribution in [0.1, 0.15) is 79.2 Å². The average molecular weight is 1050 g/mol. The number of fused-ring (bicyclic) bond motifs is 1. The van der Waals surface area contributed by atoms with Crippen molar-refractivity contribution in [2.45, 2.75) is 61.8 Å². The monoisotopic (exact) mass is 1050 g/mol. The quantitative estimate of drug-likeness (QED) is 0.109. The second-order valence-corrected chi connectivity index (χ2v) is 17.6. The van der Waals surface area contributed by atoms with Crippen LogP contribution in [0.2, 0.25) is 3.98 Å². The Kier molecular flexibility index (Phi) is 12.3. The van der Waals surface area contributed by atoms with Crippen LogP contribution in [0.3, 0.4) is 0 Å². The van der Waals surface area contributed by atoms with Gasteiger partial charge in [0.15, 0.2) is 0 Å². The molecule has 1 fully saturated rings. The first-order valence-electron chi connectivity index (χ1n) is 17.9. The normalized spacial score (nSPS) is 18.1. The van der Waals surface area contributed by atoms with Gasteiger partial charge in [-0.15, -0.1) is 0 Å². The van der Waals surface area contributed by atoms with Gasteiger partial charge >= 0.3 is 327 Å². The van der Waals surface area contributed by atoms with Gasteiger partial charge in [0, 0.05) is 0 Å². The molecule has 254 valence electrons. The van der Waals surface area contributed by atoms with Crippen LogP contribution in [-0.2, 0) is 6.42 Å². The number of anilines is 2. The zero-order valence-electron chi connectivity index (χ0n) is 30.2. The van der Waals surface area contributed by atoms with Gasteiger partial charge in [-0.3, -0.25) is 0 Å².